The van der Waals surface area contributed by atoms with Crippen LogP contribution < -0.4 is 5.73 Å². The van der Waals surface area contributed by atoms with Crippen LogP contribution in [-0.2, 0) is 15.6 Å². The Morgan fingerprint density at radius 2 is 2.11 bits per heavy atom. The Hall–Kier alpha value is -1.21. The van der Waals surface area contributed by atoms with Gasteiger partial charge in [-0.05, 0) is 24.6 Å². The molecule has 0 heterocycles. The Bertz CT molecular complexity index is 518. The minimum atomic E-state index is -1.78. The van der Waals surface area contributed by atoms with Crippen molar-refractivity contribution >= 4 is 38.6 Å². The Morgan fingerprint density at radius 3 is 2.56 bits per heavy atom. The molecule has 98 valence electrons. The summed E-state index contributed by atoms with van der Waals surface area (Å²) in [5.41, 5.74) is 5.07. The first-order valence-electron chi connectivity index (χ1n) is 5.11. The zero-order valence-electron chi connectivity index (χ0n) is 9.55. The minimum Gasteiger partial charge on any atom is -0.478 e. The second-order valence-corrected chi connectivity index (χ2v) is 6.06. The highest BCUT2D eigenvalue weighted by Gasteiger charge is 2.26. The first kappa shape index (κ1) is 14.8. The van der Waals surface area contributed by atoms with Crippen molar-refractivity contribution in [1.29, 1.82) is 0 Å². The molecule has 1 amide bonds. The predicted octanol–water partition coefficient (Wildman–Crippen LogP) is 1.52. The van der Waals surface area contributed by atoms with Gasteiger partial charge in [0.25, 0.3) is 0 Å². The molecule has 0 spiro atoms. The quantitative estimate of drug-likeness (QED) is 0.853. The minimum absolute atomic E-state index is 0.0868. The average Bonchev–Trinajstić information content (AvgIpc) is 2.28. The predicted molar refractivity (Wildman–Crippen MR) is 70.8 cm³/mol. The first-order valence-corrected chi connectivity index (χ1v) is 7.11. The van der Waals surface area contributed by atoms with Gasteiger partial charge in [0.05, 0.1) is 21.3 Å². The molecule has 0 aromatic heterocycles. The average molecular weight is 334 g/mol. The molecule has 0 aliphatic heterocycles. The molecule has 5 nitrogen and oxygen atoms in total. The molecule has 0 saturated carbocycles. The van der Waals surface area contributed by atoms with Crippen LogP contribution in [-0.4, -0.2) is 26.4 Å². The van der Waals surface area contributed by atoms with E-state index in [4.69, 9.17) is 10.8 Å². The van der Waals surface area contributed by atoms with Crippen LogP contribution in [0.15, 0.2) is 27.6 Å². The van der Waals surface area contributed by atoms with Gasteiger partial charge in [-0.1, -0.05) is 22.9 Å². The summed E-state index contributed by atoms with van der Waals surface area (Å²) in [7, 11) is -1.78. The summed E-state index contributed by atoms with van der Waals surface area (Å²) >= 11 is 3.18. The lowest BCUT2D eigenvalue weighted by Gasteiger charge is -2.13. The van der Waals surface area contributed by atoms with Crippen LogP contribution in [0.2, 0.25) is 0 Å². The topological polar surface area (TPSA) is 97.5 Å². The van der Waals surface area contributed by atoms with E-state index in [0.717, 1.165) is 0 Å². The van der Waals surface area contributed by atoms with Gasteiger partial charge in [-0.25, -0.2) is 4.79 Å². The highest BCUT2D eigenvalue weighted by Crippen LogP contribution is 2.23. The van der Waals surface area contributed by atoms with Crippen molar-refractivity contribution in [2.24, 2.45) is 5.73 Å². The summed E-state index contributed by atoms with van der Waals surface area (Å²) < 4.78 is 12.8. The van der Waals surface area contributed by atoms with Crippen molar-refractivity contribution in [3.8, 4) is 0 Å². The molecule has 0 saturated heterocycles. The number of carboxylic acids is 1. The number of amides is 1. The van der Waals surface area contributed by atoms with E-state index >= 15 is 0 Å². The number of carboxylic acid groups (broad SMARTS) is 1. The Balaban J connectivity index is 3.30. The molecule has 2 atom stereocenters. The first-order chi connectivity index (χ1) is 8.38. The van der Waals surface area contributed by atoms with Crippen molar-refractivity contribution in [3.05, 3.63) is 28.2 Å². The molecule has 0 aliphatic carbocycles. The largest absolute Gasteiger partial charge is 0.478 e. The molecule has 1 aromatic rings. The van der Waals surface area contributed by atoms with Gasteiger partial charge < -0.3 is 10.8 Å². The number of benzene rings is 1. The van der Waals surface area contributed by atoms with E-state index in [1.54, 1.807) is 6.92 Å². The lowest BCUT2D eigenvalue weighted by molar-refractivity contribution is -0.117. The van der Waals surface area contributed by atoms with Crippen molar-refractivity contribution in [1.82, 2.24) is 0 Å². The number of aromatic carboxylic acids is 1. The van der Waals surface area contributed by atoms with E-state index in [-0.39, 0.29) is 16.9 Å². The number of rotatable bonds is 5. The van der Waals surface area contributed by atoms with Crippen LogP contribution in [0.3, 0.4) is 0 Å². The van der Waals surface area contributed by atoms with Crippen LogP contribution in [0.5, 0.6) is 0 Å². The summed E-state index contributed by atoms with van der Waals surface area (Å²) in [6, 6.07) is 4.31. The fourth-order valence-electron chi connectivity index (χ4n) is 1.45. The van der Waals surface area contributed by atoms with Gasteiger partial charge in [0.2, 0.25) is 5.91 Å². The van der Waals surface area contributed by atoms with Gasteiger partial charge in [0, 0.05) is 4.47 Å². The van der Waals surface area contributed by atoms with Gasteiger partial charge in [-0.15, -0.1) is 0 Å². The van der Waals surface area contributed by atoms with Gasteiger partial charge in [0.15, 0.2) is 0 Å². The summed E-state index contributed by atoms with van der Waals surface area (Å²) in [5.74, 6) is -1.89. The number of nitrogens with two attached hydrogens (primary N) is 1. The third-order valence-electron chi connectivity index (χ3n) is 2.34. The van der Waals surface area contributed by atoms with E-state index in [9.17, 15) is 13.8 Å². The highest BCUT2D eigenvalue weighted by atomic mass is 79.9. The molecule has 7 heteroatoms. The zero-order chi connectivity index (χ0) is 13.9. The molecule has 3 N–H and O–H groups in total. The SMILES string of the molecule is CCC(C(N)=O)S(=O)c1cc(Br)ccc1C(=O)O. The molecular weight excluding hydrogens is 322 g/mol. The van der Waals surface area contributed by atoms with Crippen LogP contribution in [0.1, 0.15) is 23.7 Å². The molecule has 1 rings (SSSR count). The maximum Gasteiger partial charge on any atom is 0.336 e. The lowest BCUT2D eigenvalue weighted by atomic mass is 10.2. The molecule has 0 aliphatic rings. The number of carbonyl (C=O) groups is 2. The second-order valence-electron chi connectivity index (χ2n) is 3.54. The van der Waals surface area contributed by atoms with E-state index < -0.39 is 27.9 Å². The summed E-state index contributed by atoms with van der Waals surface area (Å²) in [5, 5.41) is 8.14. The monoisotopic (exact) mass is 333 g/mol. The molecular formula is C11H12BrNO4S. The fourth-order valence-corrected chi connectivity index (χ4v) is 3.40. The maximum atomic E-state index is 12.2. The van der Waals surface area contributed by atoms with Crippen LogP contribution in [0.4, 0.5) is 0 Å². The summed E-state index contributed by atoms with van der Waals surface area (Å²) in [4.78, 5) is 22.3. The maximum absolute atomic E-state index is 12.2. The molecule has 2 unspecified atom stereocenters. The smallest absolute Gasteiger partial charge is 0.336 e. The van der Waals surface area contributed by atoms with Gasteiger partial charge in [0.1, 0.15) is 5.25 Å². The summed E-state index contributed by atoms with van der Waals surface area (Å²) in [6.07, 6.45) is 0.285. The standard InChI is InChI=1S/C11H12BrNO4S/c1-2-8(10(13)14)18(17)9-5-6(12)3-4-7(9)11(15)16/h3-5,8H,2H2,1H3,(H2,13,14)(H,15,16). The third-order valence-corrected chi connectivity index (χ3v) is 4.68. The Kier molecular flexibility index (Phi) is 5.03. The zero-order valence-corrected chi connectivity index (χ0v) is 12.0. The van der Waals surface area contributed by atoms with Crippen molar-refractivity contribution in [3.63, 3.8) is 0 Å². The third kappa shape index (κ3) is 3.17. The van der Waals surface area contributed by atoms with E-state index in [2.05, 4.69) is 15.9 Å². The van der Waals surface area contributed by atoms with Crippen LogP contribution in [0, 0.1) is 0 Å². The van der Waals surface area contributed by atoms with Crippen LogP contribution in [0.25, 0.3) is 0 Å². The number of carbonyl (C=O) groups excluding carboxylic acids is 1. The molecule has 0 bridgehead atoms. The Labute approximate surface area is 115 Å². The van der Waals surface area contributed by atoms with Crippen LogP contribution >= 0.6 is 15.9 Å². The van der Waals surface area contributed by atoms with Crippen molar-refractivity contribution < 1.29 is 18.9 Å². The molecule has 0 fully saturated rings. The van der Waals surface area contributed by atoms with Gasteiger partial charge in [-0.2, -0.15) is 0 Å². The lowest BCUT2D eigenvalue weighted by Crippen LogP contribution is -2.32. The van der Waals surface area contributed by atoms with Crippen molar-refractivity contribution in [2.75, 3.05) is 0 Å². The number of hydrogen-bond donors (Lipinski definition) is 2. The van der Waals surface area contributed by atoms with E-state index in [0.29, 0.717) is 4.47 Å². The Morgan fingerprint density at radius 1 is 1.50 bits per heavy atom. The van der Waals surface area contributed by atoms with Crippen molar-refractivity contribution in [2.45, 2.75) is 23.5 Å². The molecule has 1 aromatic carbocycles. The normalized spacial score (nSPS) is 13.9. The molecule has 18 heavy (non-hydrogen) atoms. The van der Waals surface area contributed by atoms with Gasteiger partial charge in [-0.3, -0.25) is 9.00 Å². The van der Waals surface area contributed by atoms with E-state index in [1.165, 1.54) is 18.2 Å². The fraction of sp³-hybridized carbons (Fsp3) is 0.273. The molecule has 0 radical (unpaired) electrons. The highest BCUT2D eigenvalue weighted by molar-refractivity contribution is 9.10. The summed E-state index contributed by atoms with van der Waals surface area (Å²) in [6.45, 7) is 1.67. The number of primary amides is 1. The number of halogens is 1. The van der Waals surface area contributed by atoms with Gasteiger partial charge >= 0.3 is 5.97 Å². The second kappa shape index (κ2) is 6.10. The number of hydrogen-bond acceptors (Lipinski definition) is 3. The van der Waals surface area contributed by atoms with E-state index in [1.807, 2.05) is 0 Å².